The van der Waals surface area contributed by atoms with Crippen LogP contribution < -0.4 is 5.73 Å². The Morgan fingerprint density at radius 1 is 1.53 bits per heavy atom. The molecule has 0 saturated heterocycles. The van der Waals surface area contributed by atoms with Crippen molar-refractivity contribution in [1.82, 2.24) is 9.78 Å². The van der Waals surface area contributed by atoms with Crippen molar-refractivity contribution in [2.24, 2.45) is 11.7 Å². The molecule has 2 N–H and O–H groups in total. The van der Waals surface area contributed by atoms with Crippen molar-refractivity contribution in [2.45, 2.75) is 58.0 Å². The zero-order valence-electron chi connectivity index (χ0n) is 10.7. The minimum absolute atomic E-state index is 0.287. The number of hydrogen-bond donors (Lipinski definition) is 1. The number of rotatable bonds is 3. The van der Waals surface area contributed by atoms with Crippen LogP contribution in [0.15, 0.2) is 10.7 Å². The van der Waals surface area contributed by atoms with Crippen molar-refractivity contribution in [1.29, 1.82) is 0 Å². The van der Waals surface area contributed by atoms with Crippen molar-refractivity contribution < 1.29 is 0 Å². The summed E-state index contributed by atoms with van der Waals surface area (Å²) < 4.78 is 3.26. The molecule has 1 aromatic heterocycles. The second-order valence-corrected chi connectivity index (χ2v) is 6.14. The van der Waals surface area contributed by atoms with E-state index in [0.29, 0.717) is 5.92 Å². The van der Waals surface area contributed by atoms with E-state index >= 15 is 0 Å². The van der Waals surface area contributed by atoms with Gasteiger partial charge in [0.25, 0.3) is 0 Å². The topological polar surface area (TPSA) is 43.8 Å². The van der Waals surface area contributed by atoms with Gasteiger partial charge in [-0.15, -0.1) is 0 Å². The van der Waals surface area contributed by atoms with Crippen LogP contribution in [0.2, 0.25) is 0 Å². The van der Waals surface area contributed by atoms with Crippen LogP contribution in [0.3, 0.4) is 0 Å². The summed E-state index contributed by atoms with van der Waals surface area (Å²) in [5.74, 6) is 1.24. The first-order valence-corrected chi connectivity index (χ1v) is 7.39. The van der Waals surface area contributed by atoms with Gasteiger partial charge in [0, 0.05) is 18.5 Å². The Labute approximate surface area is 112 Å². The van der Waals surface area contributed by atoms with Crippen LogP contribution in [0, 0.1) is 5.92 Å². The fourth-order valence-electron chi connectivity index (χ4n) is 2.85. The average molecular weight is 300 g/mol. The summed E-state index contributed by atoms with van der Waals surface area (Å²) in [6.07, 6.45) is 6.61. The third-order valence-corrected chi connectivity index (χ3v) is 4.40. The lowest BCUT2D eigenvalue weighted by Crippen LogP contribution is -2.35. The van der Waals surface area contributed by atoms with Crippen molar-refractivity contribution in [3.8, 4) is 0 Å². The highest BCUT2D eigenvalue weighted by molar-refractivity contribution is 9.10. The lowest BCUT2D eigenvalue weighted by atomic mass is 9.77. The highest BCUT2D eigenvalue weighted by Crippen LogP contribution is 2.38. The highest BCUT2D eigenvalue weighted by Gasteiger charge is 2.31. The van der Waals surface area contributed by atoms with E-state index in [0.717, 1.165) is 29.8 Å². The van der Waals surface area contributed by atoms with E-state index in [2.05, 4.69) is 39.6 Å². The summed E-state index contributed by atoms with van der Waals surface area (Å²) in [6, 6.07) is 0.287. The van der Waals surface area contributed by atoms with Gasteiger partial charge in [-0.1, -0.05) is 13.8 Å². The number of halogens is 1. The van der Waals surface area contributed by atoms with Crippen LogP contribution in [0.4, 0.5) is 0 Å². The van der Waals surface area contributed by atoms with E-state index < -0.39 is 0 Å². The summed E-state index contributed by atoms with van der Waals surface area (Å²) in [6.45, 7) is 5.49. The van der Waals surface area contributed by atoms with Gasteiger partial charge in [-0.25, -0.2) is 0 Å². The first-order chi connectivity index (χ1) is 8.13. The van der Waals surface area contributed by atoms with E-state index in [1.165, 1.54) is 18.5 Å². The van der Waals surface area contributed by atoms with E-state index in [-0.39, 0.29) is 6.04 Å². The van der Waals surface area contributed by atoms with Gasteiger partial charge in [-0.2, -0.15) is 5.10 Å². The maximum atomic E-state index is 6.30. The van der Waals surface area contributed by atoms with E-state index in [1.54, 1.807) is 0 Å². The first-order valence-electron chi connectivity index (χ1n) is 6.60. The Hall–Kier alpha value is -0.350. The van der Waals surface area contributed by atoms with Crippen molar-refractivity contribution in [2.75, 3.05) is 0 Å². The van der Waals surface area contributed by atoms with Gasteiger partial charge in [0.15, 0.2) is 0 Å². The third-order valence-electron chi connectivity index (χ3n) is 3.79. The molecule has 1 fully saturated rings. The van der Waals surface area contributed by atoms with Crippen LogP contribution in [0.25, 0.3) is 0 Å². The normalized spacial score (nSPS) is 29.5. The summed E-state index contributed by atoms with van der Waals surface area (Å²) in [4.78, 5) is 0. The largest absolute Gasteiger partial charge is 0.327 e. The summed E-state index contributed by atoms with van der Waals surface area (Å²) in [5, 5.41) is 4.45. The number of aromatic nitrogens is 2. The van der Waals surface area contributed by atoms with Crippen molar-refractivity contribution in [3.63, 3.8) is 0 Å². The fraction of sp³-hybridized carbons (Fsp3) is 0.769. The minimum Gasteiger partial charge on any atom is -0.327 e. The first kappa shape index (κ1) is 13.1. The monoisotopic (exact) mass is 299 g/mol. The number of nitrogens with zero attached hydrogens (tertiary/aromatic N) is 2. The van der Waals surface area contributed by atoms with Gasteiger partial charge in [0.1, 0.15) is 0 Å². The van der Waals surface area contributed by atoms with Crippen LogP contribution in [-0.4, -0.2) is 15.8 Å². The lowest BCUT2D eigenvalue weighted by Gasteiger charge is -2.33. The zero-order chi connectivity index (χ0) is 12.4. The molecule has 1 saturated carbocycles. The van der Waals surface area contributed by atoms with Crippen molar-refractivity contribution >= 4 is 15.9 Å². The van der Waals surface area contributed by atoms with Gasteiger partial charge >= 0.3 is 0 Å². The lowest BCUT2D eigenvalue weighted by molar-refractivity contribution is 0.293. The molecule has 0 aliphatic heterocycles. The molecule has 3 unspecified atom stereocenters. The molecule has 17 heavy (non-hydrogen) atoms. The summed E-state index contributed by atoms with van der Waals surface area (Å²) in [5.41, 5.74) is 7.62. The smallest absolute Gasteiger partial charge is 0.0635 e. The van der Waals surface area contributed by atoms with Gasteiger partial charge in [-0.05, 0) is 47.5 Å². The molecule has 0 amide bonds. The molecule has 2 rings (SSSR count). The molecule has 0 spiro atoms. The van der Waals surface area contributed by atoms with Gasteiger partial charge < -0.3 is 5.73 Å². The predicted octanol–water partition coefficient (Wildman–Crippen LogP) is 3.29. The zero-order valence-corrected chi connectivity index (χ0v) is 12.3. The number of nitrogens with two attached hydrogens (primary N) is 1. The molecule has 1 aromatic rings. The average Bonchev–Trinajstić information content (AvgIpc) is 2.64. The van der Waals surface area contributed by atoms with Gasteiger partial charge in [0.05, 0.1) is 16.4 Å². The van der Waals surface area contributed by atoms with Gasteiger partial charge in [-0.3, -0.25) is 4.68 Å². The Balaban J connectivity index is 2.27. The Kier molecular flexibility index (Phi) is 4.26. The fourth-order valence-corrected chi connectivity index (χ4v) is 3.44. The summed E-state index contributed by atoms with van der Waals surface area (Å²) in [7, 11) is 0. The van der Waals surface area contributed by atoms with Crippen LogP contribution in [0.1, 0.15) is 51.1 Å². The number of hydrogen-bond acceptors (Lipinski definition) is 2. The molecule has 1 aliphatic carbocycles. The predicted molar refractivity (Wildman–Crippen MR) is 73.9 cm³/mol. The van der Waals surface area contributed by atoms with Crippen molar-refractivity contribution in [3.05, 3.63) is 16.4 Å². The molecule has 1 aliphatic rings. The molecule has 4 heteroatoms. The third kappa shape index (κ3) is 2.74. The number of aryl methyl sites for hydroxylation is 1. The molecule has 3 atom stereocenters. The second-order valence-electron chi connectivity index (χ2n) is 5.29. The van der Waals surface area contributed by atoms with Crippen LogP contribution >= 0.6 is 15.9 Å². The maximum absolute atomic E-state index is 6.30. The molecule has 0 radical (unpaired) electrons. The molecule has 3 nitrogen and oxygen atoms in total. The standard InChI is InChI=1S/C13H22BrN3/c1-3-6-17-13(11(14)8-16-17)10-7-9(2)4-5-12(10)15/h8-10,12H,3-7,15H2,1-2H3. The summed E-state index contributed by atoms with van der Waals surface area (Å²) >= 11 is 3.63. The molecule has 96 valence electrons. The Morgan fingerprint density at radius 2 is 2.29 bits per heavy atom. The van der Waals surface area contributed by atoms with E-state index in [1.807, 2.05) is 6.20 Å². The van der Waals surface area contributed by atoms with Crippen LogP contribution in [0.5, 0.6) is 0 Å². The molecule has 0 bridgehead atoms. The molecule has 0 aromatic carbocycles. The SMILES string of the molecule is CCCn1ncc(Br)c1C1CC(C)CCC1N. The quantitative estimate of drug-likeness (QED) is 0.931. The van der Waals surface area contributed by atoms with Gasteiger partial charge in [0.2, 0.25) is 0 Å². The van der Waals surface area contributed by atoms with E-state index in [9.17, 15) is 0 Å². The minimum atomic E-state index is 0.287. The second kappa shape index (κ2) is 5.53. The van der Waals surface area contributed by atoms with Crippen LogP contribution in [-0.2, 0) is 6.54 Å². The maximum Gasteiger partial charge on any atom is 0.0635 e. The molecular weight excluding hydrogens is 278 g/mol. The molecular formula is C13H22BrN3. The van der Waals surface area contributed by atoms with E-state index in [4.69, 9.17) is 5.73 Å². The molecule has 1 heterocycles. The Bertz CT molecular complexity index is 375. The Morgan fingerprint density at radius 3 is 3.00 bits per heavy atom. The highest BCUT2D eigenvalue weighted by atomic mass is 79.9.